The number of benzene rings is 3. The Morgan fingerprint density at radius 1 is 0.971 bits per heavy atom. The molecular formula is C30H26IrNO3-. The topological polar surface area (TPSA) is 59.4 Å². The number of hydrogen-bond donors (Lipinski definition) is 1. The number of fused-ring (bicyclic) bond motifs is 10. The fourth-order valence-corrected chi connectivity index (χ4v) is 4.87. The second kappa shape index (κ2) is 9.87. The number of aryl methyl sites for hydroxylation is 2. The smallest absolute Gasteiger partial charge is 0.155 e. The molecule has 2 aliphatic rings. The molecule has 6 rings (SSSR count). The number of hydrogen-bond acceptors (Lipinski definition) is 4. The van der Waals surface area contributed by atoms with Gasteiger partial charge in [-0.25, -0.2) is 0 Å². The number of ether oxygens (including phenoxy) is 1. The maximum Gasteiger partial charge on any atom is 0.155 e. The summed E-state index contributed by atoms with van der Waals surface area (Å²) in [6, 6.07) is 24.5. The Morgan fingerprint density at radius 3 is 2.17 bits per heavy atom. The Kier molecular flexibility index (Phi) is 7.05. The van der Waals surface area contributed by atoms with Gasteiger partial charge in [0.2, 0.25) is 0 Å². The van der Waals surface area contributed by atoms with Crippen LogP contribution < -0.4 is 0 Å². The van der Waals surface area contributed by atoms with Crippen LogP contribution in [-0.2, 0) is 29.6 Å². The standard InChI is InChI=1S/C25H18NO.C5H8O2.Ir/c1-14-12-19-20(13-15(14)2)26-23(16-8-4-3-5-9-16)22-21(19)24-17-10-6-7-11-18(17)25(22)27-24;1-4(6)3-5(2)7;/h3-8,10-13,24-25H,1-2H3;3,6H,1-2H3;/q-1;;. The summed E-state index contributed by atoms with van der Waals surface area (Å²) < 4.78 is 6.50. The molecule has 179 valence electrons. The Balaban J connectivity index is 0.000000320. The molecule has 3 heterocycles. The van der Waals surface area contributed by atoms with Crippen LogP contribution in [-0.4, -0.2) is 15.9 Å². The molecule has 2 atom stereocenters. The summed E-state index contributed by atoms with van der Waals surface area (Å²) >= 11 is 0. The minimum atomic E-state index is -0.125. The Morgan fingerprint density at radius 2 is 1.60 bits per heavy atom. The van der Waals surface area contributed by atoms with Crippen molar-refractivity contribution >= 4 is 16.7 Å². The van der Waals surface area contributed by atoms with Crippen molar-refractivity contribution in [3.63, 3.8) is 0 Å². The molecule has 0 aliphatic carbocycles. The van der Waals surface area contributed by atoms with Gasteiger partial charge in [-0.3, -0.25) is 9.78 Å². The van der Waals surface area contributed by atoms with E-state index in [-0.39, 0.29) is 43.9 Å². The first-order valence-corrected chi connectivity index (χ1v) is 11.4. The molecule has 2 aliphatic heterocycles. The summed E-state index contributed by atoms with van der Waals surface area (Å²) in [5.41, 5.74) is 10.7. The van der Waals surface area contributed by atoms with Crippen LogP contribution in [0, 0.1) is 19.9 Å². The molecule has 3 aromatic carbocycles. The van der Waals surface area contributed by atoms with Crippen LogP contribution in [0.2, 0.25) is 0 Å². The van der Waals surface area contributed by atoms with Crippen LogP contribution in [0.15, 0.2) is 72.5 Å². The van der Waals surface area contributed by atoms with Crippen molar-refractivity contribution < 1.29 is 34.7 Å². The molecule has 0 saturated heterocycles. The molecule has 4 nitrogen and oxygen atoms in total. The van der Waals surface area contributed by atoms with Crippen molar-refractivity contribution in [2.75, 3.05) is 0 Å². The zero-order valence-corrected chi connectivity index (χ0v) is 22.4. The van der Waals surface area contributed by atoms with Crippen molar-refractivity contribution in [1.29, 1.82) is 0 Å². The molecule has 4 aromatic rings. The number of carbonyl (C=O) groups is 1. The van der Waals surface area contributed by atoms with E-state index in [9.17, 15) is 4.79 Å². The molecule has 0 saturated carbocycles. The van der Waals surface area contributed by atoms with Gasteiger partial charge in [-0.15, -0.1) is 35.9 Å². The van der Waals surface area contributed by atoms with E-state index in [0.29, 0.717) is 0 Å². The molecule has 2 unspecified atom stereocenters. The Bertz CT molecular complexity index is 1460. The third-order valence-electron chi connectivity index (χ3n) is 6.41. The van der Waals surface area contributed by atoms with Crippen molar-refractivity contribution in [3.05, 3.63) is 112 Å². The van der Waals surface area contributed by atoms with Crippen molar-refractivity contribution in [2.24, 2.45) is 0 Å². The maximum atomic E-state index is 10.0. The number of rotatable bonds is 2. The van der Waals surface area contributed by atoms with Gasteiger partial charge < -0.3 is 9.84 Å². The van der Waals surface area contributed by atoms with E-state index in [1.54, 1.807) is 0 Å². The predicted molar refractivity (Wildman–Crippen MR) is 134 cm³/mol. The van der Waals surface area contributed by atoms with E-state index < -0.39 is 0 Å². The van der Waals surface area contributed by atoms with E-state index in [4.69, 9.17) is 14.8 Å². The van der Waals surface area contributed by atoms with Crippen LogP contribution in [0.25, 0.3) is 22.2 Å². The van der Waals surface area contributed by atoms with Crippen LogP contribution in [0.3, 0.4) is 0 Å². The monoisotopic (exact) mass is 641 g/mol. The summed E-state index contributed by atoms with van der Waals surface area (Å²) in [7, 11) is 0. The number of ketones is 1. The van der Waals surface area contributed by atoms with Gasteiger partial charge in [-0.05, 0) is 78.9 Å². The van der Waals surface area contributed by atoms with Crippen LogP contribution in [0.5, 0.6) is 0 Å². The van der Waals surface area contributed by atoms with Gasteiger partial charge in [0.1, 0.15) is 12.2 Å². The minimum Gasteiger partial charge on any atom is -0.512 e. The zero-order chi connectivity index (χ0) is 24.0. The third-order valence-corrected chi connectivity index (χ3v) is 6.41. The van der Waals surface area contributed by atoms with Gasteiger partial charge in [-0.2, -0.15) is 0 Å². The summed E-state index contributed by atoms with van der Waals surface area (Å²) in [5.74, 6) is -0.0625. The van der Waals surface area contributed by atoms with E-state index in [0.717, 1.165) is 16.8 Å². The minimum absolute atomic E-state index is 0. The molecule has 5 heteroatoms. The van der Waals surface area contributed by atoms with Gasteiger partial charge in [0.25, 0.3) is 0 Å². The molecule has 0 spiro atoms. The zero-order valence-electron chi connectivity index (χ0n) is 20.0. The number of aromatic nitrogens is 1. The number of allylic oxidation sites excluding steroid dienone is 2. The first-order valence-electron chi connectivity index (χ1n) is 11.4. The summed E-state index contributed by atoms with van der Waals surface area (Å²) in [5, 5.41) is 9.58. The van der Waals surface area contributed by atoms with Gasteiger partial charge in [0, 0.05) is 31.6 Å². The van der Waals surface area contributed by atoms with Crippen molar-refractivity contribution in [1.82, 2.24) is 4.98 Å². The molecular weight excluding hydrogens is 615 g/mol. The summed E-state index contributed by atoms with van der Waals surface area (Å²) in [4.78, 5) is 15.1. The summed E-state index contributed by atoms with van der Waals surface area (Å²) in [6.45, 7) is 7.17. The number of carbonyl (C=O) groups excluding carboxylic acids is 1. The van der Waals surface area contributed by atoms with Crippen molar-refractivity contribution in [2.45, 2.75) is 39.9 Å². The normalized spacial score (nSPS) is 17.2. The van der Waals surface area contributed by atoms with Crippen LogP contribution >= 0.6 is 0 Å². The van der Waals surface area contributed by atoms with E-state index >= 15 is 0 Å². The van der Waals surface area contributed by atoms with Crippen molar-refractivity contribution in [3.8, 4) is 11.3 Å². The van der Waals surface area contributed by atoms with Crippen LogP contribution in [0.4, 0.5) is 0 Å². The van der Waals surface area contributed by atoms with E-state index in [1.165, 1.54) is 58.7 Å². The van der Waals surface area contributed by atoms with E-state index in [1.807, 2.05) is 18.2 Å². The van der Waals surface area contributed by atoms with Gasteiger partial charge >= 0.3 is 0 Å². The van der Waals surface area contributed by atoms with Gasteiger partial charge in [0.15, 0.2) is 5.78 Å². The molecule has 1 radical (unpaired) electrons. The predicted octanol–water partition coefficient (Wildman–Crippen LogP) is 6.88. The van der Waals surface area contributed by atoms with Crippen LogP contribution in [0.1, 0.15) is 59.4 Å². The summed E-state index contributed by atoms with van der Waals surface area (Å²) in [6.07, 6.45) is 1.12. The second-order valence-corrected chi connectivity index (χ2v) is 8.94. The molecule has 2 bridgehead atoms. The molecule has 1 N–H and O–H groups in total. The number of aliphatic hydroxyl groups excluding tert-OH is 1. The average molecular weight is 641 g/mol. The fraction of sp³-hybridized carbons (Fsp3) is 0.200. The number of nitrogens with zero attached hydrogens (tertiary/aromatic N) is 1. The molecule has 0 amide bonds. The SMILES string of the molecule is CC(=O)C=C(C)O.Cc1cc2nc(-c3[c-]cccc3)c3c(c2cc1C)C1OC3c2ccccc21.[Ir]. The molecule has 1 aromatic heterocycles. The molecule has 35 heavy (non-hydrogen) atoms. The number of aliphatic hydroxyl groups is 1. The maximum absolute atomic E-state index is 10.0. The van der Waals surface area contributed by atoms with Gasteiger partial charge in [0.05, 0.1) is 11.3 Å². The third kappa shape index (κ3) is 4.48. The largest absolute Gasteiger partial charge is 0.512 e. The molecule has 0 fully saturated rings. The van der Waals surface area contributed by atoms with Gasteiger partial charge in [-0.1, -0.05) is 24.3 Å². The quantitative estimate of drug-likeness (QED) is 0.148. The van der Waals surface area contributed by atoms with E-state index in [2.05, 4.69) is 62.4 Å². The average Bonchev–Trinajstić information content (AvgIpc) is 3.38. The number of pyridine rings is 1. The first-order chi connectivity index (χ1) is 16.3. The second-order valence-electron chi connectivity index (χ2n) is 8.94. The fourth-order valence-electron chi connectivity index (χ4n) is 4.87. The Hall–Kier alpha value is -3.11. The first kappa shape index (κ1) is 25.0. The Labute approximate surface area is 219 Å².